The monoisotopic (exact) mass is 235 g/mol. The van der Waals surface area contributed by atoms with Gasteiger partial charge in [-0.3, -0.25) is 9.48 Å². The summed E-state index contributed by atoms with van der Waals surface area (Å²) in [5.41, 5.74) is 0.316. The average molecular weight is 235 g/mol. The fourth-order valence-corrected chi connectivity index (χ4v) is 1.10. The summed E-state index contributed by atoms with van der Waals surface area (Å²) in [5.74, 6) is -0.399. The molecule has 1 N–H and O–H groups in total. The molecule has 0 aliphatic carbocycles. The van der Waals surface area contributed by atoms with E-state index < -0.39 is 18.5 Å². The maximum atomic E-state index is 11.8. The zero-order valence-corrected chi connectivity index (χ0v) is 8.71. The molecule has 0 aliphatic rings. The second-order valence-corrected chi connectivity index (χ2v) is 3.23. The molecule has 0 fully saturated rings. The topological polar surface area (TPSA) is 46.9 Å². The van der Waals surface area contributed by atoms with E-state index in [9.17, 15) is 18.0 Å². The number of rotatable bonds is 5. The van der Waals surface area contributed by atoms with Crippen LogP contribution < -0.4 is 5.32 Å². The third-order valence-corrected chi connectivity index (χ3v) is 1.89. The summed E-state index contributed by atoms with van der Waals surface area (Å²) in [6.07, 6.45) is -1.44. The molecule has 7 heteroatoms. The molecule has 16 heavy (non-hydrogen) atoms. The molecule has 1 heterocycles. The van der Waals surface area contributed by atoms with Gasteiger partial charge in [-0.25, -0.2) is 0 Å². The van der Waals surface area contributed by atoms with Crippen molar-refractivity contribution >= 4 is 5.78 Å². The number of carbonyl (C=O) groups is 1. The molecule has 0 radical (unpaired) electrons. The lowest BCUT2D eigenvalue weighted by Crippen LogP contribution is -2.32. The lowest BCUT2D eigenvalue weighted by Gasteiger charge is -2.06. The maximum absolute atomic E-state index is 11.8. The molecule has 4 nitrogen and oxygen atoms in total. The number of alkyl halides is 3. The van der Waals surface area contributed by atoms with Gasteiger partial charge in [0.25, 0.3) is 0 Å². The van der Waals surface area contributed by atoms with Gasteiger partial charge in [-0.1, -0.05) is 0 Å². The Labute approximate surface area is 90.4 Å². The van der Waals surface area contributed by atoms with Crippen LogP contribution in [-0.4, -0.2) is 34.8 Å². The molecule has 0 saturated heterocycles. The highest BCUT2D eigenvalue weighted by atomic mass is 19.4. The third kappa shape index (κ3) is 4.01. The Bertz CT molecular complexity index is 359. The molecule has 0 aliphatic heterocycles. The number of carbonyl (C=O) groups excluding carboxylic acids is 1. The maximum Gasteiger partial charge on any atom is 0.401 e. The smallest absolute Gasteiger partial charge is 0.302 e. The first-order valence-corrected chi connectivity index (χ1v) is 4.75. The summed E-state index contributed by atoms with van der Waals surface area (Å²) >= 11 is 0. The Balaban J connectivity index is 2.41. The number of halogens is 3. The van der Waals surface area contributed by atoms with Crippen LogP contribution >= 0.6 is 0 Å². The molecular weight excluding hydrogens is 223 g/mol. The number of ketones is 1. The molecular formula is C9H12F3N3O. The van der Waals surface area contributed by atoms with E-state index in [1.165, 1.54) is 17.1 Å². The molecule has 90 valence electrons. The quantitative estimate of drug-likeness (QED) is 0.781. The SMILES string of the molecule is CCn1cc(C(=O)CNCC(F)(F)F)cn1. The van der Waals surface area contributed by atoms with Crippen LogP contribution in [0.1, 0.15) is 17.3 Å². The van der Waals surface area contributed by atoms with E-state index in [0.717, 1.165) is 0 Å². The summed E-state index contributed by atoms with van der Waals surface area (Å²) in [5, 5.41) is 5.90. The van der Waals surface area contributed by atoms with Gasteiger partial charge in [-0.15, -0.1) is 0 Å². The van der Waals surface area contributed by atoms with Crippen LogP contribution in [0.2, 0.25) is 0 Å². The first-order chi connectivity index (χ1) is 7.42. The minimum atomic E-state index is -4.30. The van der Waals surface area contributed by atoms with Gasteiger partial charge in [0.2, 0.25) is 0 Å². The molecule has 0 atom stereocenters. The fraction of sp³-hybridized carbons (Fsp3) is 0.556. The molecule has 0 spiro atoms. The van der Waals surface area contributed by atoms with Crippen LogP contribution in [0.15, 0.2) is 12.4 Å². The van der Waals surface area contributed by atoms with Crippen molar-refractivity contribution in [3.05, 3.63) is 18.0 Å². The number of nitrogens with one attached hydrogen (secondary N) is 1. The Morgan fingerprint density at radius 2 is 2.25 bits per heavy atom. The van der Waals surface area contributed by atoms with E-state index in [2.05, 4.69) is 5.10 Å². The number of hydrogen-bond donors (Lipinski definition) is 1. The first kappa shape index (κ1) is 12.7. The van der Waals surface area contributed by atoms with Gasteiger partial charge >= 0.3 is 6.18 Å². The van der Waals surface area contributed by atoms with E-state index in [0.29, 0.717) is 12.1 Å². The van der Waals surface area contributed by atoms with E-state index in [4.69, 9.17) is 0 Å². The Morgan fingerprint density at radius 1 is 1.56 bits per heavy atom. The van der Waals surface area contributed by atoms with Gasteiger partial charge in [-0.05, 0) is 6.92 Å². The Kier molecular flexibility index (Phi) is 4.05. The van der Waals surface area contributed by atoms with Gasteiger partial charge in [0.05, 0.1) is 24.8 Å². The second kappa shape index (κ2) is 5.11. The molecule has 0 amide bonds. The Morgan fingerprint density at radius 3 is 2.75 bits per heavy atom. The number of hydrogen-bond acceptors (Lipinski definition) is 3. The number of aryl methyl sites for hydroxylation is 1. The van der Waals surface area contributed by atoms with Crippen molar-refractivity contribution in [3.63, 3.8) is 0 Å². The summed E-state index contributed by atoms with van der Waals surface area (Å²) in [6, 6.07) is 0. The van der Waals surface area contributed by atoms with Crippen LogP contribution in [0.25, 0.3) is 0 Å². The molecule has 0 aromatic carbocycles. The van der Waals surface area contributed by atoms with Crippen molar-refractivity contribution in [1.82, 2.24) is 15.1 Å². The van der Waals surface area contributed by atoms with Crippen LogP contribution in [0, 0.1) is 0 Å². The molecule has 0 unspecified atom stereocenters. The number of aromatic nitrogens is 2. The molecule has 1 aromatic rings. The minimum absolute atomic E-state index is 0.316. The lowest BCUT2D eigenvalue weighted by atomic mass is 10.2. The van der Waals surface area contributed by atoms with Gasteiger partial charge in [-0.2, -0.15) is 18.3 Å². The highest BCUT2D eigenvalue weighted by Crippen LogP contribution is 2.12. The Hall–Kier alpha value is -1.37. The summed E-state index contributed by atoms with van der Waals surface area (Å²) in [6.45, 7) is 0.960. The van der Waals surface area contributed by atoms with E-state index in [1.54, 1.807) is 0 Å². The van der Waals surface area contributed by atoms with Crippen molar-refractivity contribution in [2.45, 2.75) is 19.6 Å². The third-order valence-electron chi connectivity index (χ3n) is 1.89. The summed E-state index contributed by atoms with van der Waals surface area (Å²) in [4.78, 5) is 11.4. The van der Waals surface area contributed by atoms with E-state index in [1.807, 2.05) is 12.2 Å². The van der Waals surface area contributed by atoms with Gasteiger partial charge < -0.3 is 5.32 Å². The van der Waals surface area contributed by atoms with Crippen LogP contribution in [-0.2, 0) is 6.54 Å². The normalized spacial score (nSPS) is 11.8. The van der Waals surface area contributed by atoms with Crippen LogP contribution in [0.4, 0.5) is 13.2 Å². The van der Waals surface area contributed by atoms with Gasteiger partial charge in [0.1, 0.15) is 0 Å². The largest absolute Gasteiger partial charge is 0.401 e. The summed E-state index contributed by atoms with van der Waals surface area (Å²) < 4.78 is 36.9. The van der Waals surface area contributed by atoms with Crippen molar-refractivity contribution in [1.29, 1.82) is 0 Å². The standard InChI is InChI=1S/C9H12F3N3O/c1-2-15-5-7(3-14-15)8(16)4-13-6-9(10,11)12/h3,5,13H,2,4,6H2,1H3. The van der Waals surface area contributed by atoms with Crippen molar-refractivity contribution in [2.75, 3.05) is 13.1 Å². The number of Topliss-reactive ketones (excluding diaryl/α,β-unsaturated/α-hetero) is 1. The second-order valence-electron chi connectivity index (χ2n) is 3.23. The highest BCUT2D eigenvalue weighted by Gasteiger charge is 2.26. The van der Waals surface area contributed by atoms with Crippen LogP contribution in [0.5, 0.6) is 0 Å². The fourth-order valence-electron chi connectivity index (χ4n) is 1.10. The molecule has 1 aromatic heterocycles. The zero-order valence-electron chi connectivity index (χ0n) is 8.71. The van der Waals surface area contributed by atoms with Crippen molar-refractivity contribution in [2.24, 2.45) is 0 Å². The predicted octanol–water partition coefficient (Wildman–Crippen LogP) is 1.24. The van der Waals surface area contributed by atoms with Crippen LogP contribution in [0.3, 0.4) is 0 Å². The van der Waals surface area contributed by atoms with E-state index >= 15 is 0 Å². The lowest BCUT2D eigenvalue weighted by molar-refractivity contribution is -0.124. The number of nitrogens with zero attached hydrogens (tertiary/aromatic N) is 2. The zero-order chi connectivity index (χ0) is 12.2. The van der Waals surface area contributed by atoms with Gasteiger partial charge in [0.15, 0.2) is 5.78 Å². The molecule has 0 saturated carbocycles. The minimum Gasteiger partial charge on any atom is -0.302 e. The predicted molar refractivity (Wildman–Crippen MR) is 51.2 cm³/mol. The van der Waals surface area contributed by atoms with E-state index in [-0.39, 0.29) is 6.54 Å². The van der Waals surface area contributed by atoms with Crippen molar-refractivity contribution < 1.29 is 18.0 Å². The first-order valence-electron chi connectivity index (χ1n) is 4.75. The summed E-state index contributed by atoms with van der Waals surface area (Å²) in [7, 11) is 0. The molecule has 0 bridgehead atoms. The average Bonchev–Trinajstić information content (AvgIpc) is 2.63. The van der Waals surface area contributed by atoms with Crippen molar-refractivity contribution in [3.8, 4) is 0 Å². The van der Waals surface area contributed by atoms with Gasteiger partial charge in [0, 0.05) is 12.7 Å². The highest BCUT2D eigenvalue weighted by molar-refractivity contribution is 5.97. The molecule has 1 rings (SSSR count).